The summed E-state index contributed by atoms with van der Waals surface area (Å²) in [4.78, 5) is 11.2. The van der Waals surface area contributed by atoms with Crippen molar-refractivity contribution in [3.8, 4) is 11.8 Å². The summed E-state index contributed by atoms with van der Waals surface area (Å²) in [6.07, 6.45) is 0.855. The van der Waals surface area contributed by atoms with Gasteiger partial charge in [0.05, 0.1) is 11.4 Å². The largest absolute Gasteiger partial charge is 0.366 e. The lowest BCUT2D eigenvalue weighted by molar-refractivity contribution is 0.100. The molecule has 0 radical (unpaired) electrons. The van der Waals surface area contributed by atoms with Gasteiger partial charge in [-0.2, -0.15) is 4.72 Å². The lowest BCUT2D eigenvalue weighted by atomic mass is 10.1. The molecule has 0 unspecified atom stereocenters. The maximum absolute atomic E-state index is 12.1. The Morgan fingerprint density at radius 1 is 1.08 bits per heavy atom. The number of aryl methyl sites for hydroxylation is 1. The predicted octanol–water partition coefficient (Wildman–Crippen LogP) is 1.68. The van der Waals surface area contributed by atoms with Crippen molar-refractivity contribution >= 4 is 15.9 Å². The average molecular weight is 342 g/mol. The van der Waals surface area contributed by atoms with Crippen LogP contribution in [0.3, 0.4) is 0 Å². The summed E-state index contributed by atoms with van der Waals surface area (Å²) >= 11 is 0. The molecule has 0 aliphatic carbocycles. The number of nitrogens with one attached hydrogen (secondary N) is 1. The number of carbonyl (C=O) groups is 1. The summed E-state index contributed by atoms with van der Waals surface area (Å²) in [5, 5.41) is 0. The standard InChI is InChI=1S/C18H18N2O3S/c1-2-14-7-11-17(12-8-14)24(22,23)20-13-3-4-15-5-9-16(10-6-15)18(19)21/h5-12,20H,2,13H2,1H3,(H2,19,21). The van der Waals surface area contributed by atoms with E-state index in [1.165, 1.54) is 0 Å². The monoisotopic (exact) mass is 342 g/mol. The number of hydrogen-bond acceptors (Lipinski definition) is 3. The molecule has 0 atom stereocenters. The van der Waals surface area contributed by atoms with Crippen LogP contribution in [-0.4, -0.2) is 20.9 Å². The Balaban J connectivity index is 1.99. The van der Waals surface area contributed by atoms with E-state index in [4.69, 9.17) is 5.73 Å². The zero-order valence-corrected chi connectivity index (χ0v) is 14.1. The van der Waals surface area contributed by atoms with Crippen LogP contribution in [0.15, 0.2) is 53.4 Å². The van der Waals surface area contributed by atoms with Crippen molar-refractivity contribution in [1.82, 2.24) is 4.72 Å². The fourth-order valence-corrected chi connectivity index (χ4v) is 2.91. The van der Waals surface area contributed by atoms with Crippen LogP contribution in [0.25, 0.3) is 0 Å². The molecule has 2 rings (SSSR count). The van der Waals surface area contributed by atoms with Crippen LogP contribution in [0.5, 0.6) is 0 Å². The van der Waals surface area contributed by atoms with Crippen molar-refractivity contribution in [1.29, 1.82) is 0 Å². The third-order valence-corrected chi connectivity index (χ3v) is 4.81. The molecule has 2 aromatic rings. The van der Waals surface area contributed by atoms with E-state index in [0.717, 1.165) is 12.0 Å². The first kappa shape index (κ1) is 17.7. The van der Waals surface area contributed by atoms with Crippen molar-refractivity contribution in [2.45, 2.75) is 18.2 Å². The molecule has 0 fully saturated rings. The van der Waals surface area contributed by atoms with Gasteiger partial charge in [0.15, 0.2) is 0 Å². The minimum Gasteiger partial charge on any atom is -0.366 e. The minimum absolute atomic E-state index is 0.00453. The highest BCUT2D eigenvalue weighted by Gasteiger charge is 2.12. The molecular weight excluding hydrogens is 324 g/mol. The normalized spacial score (nSPS) is 10.7. The predicted molar refractivity (Wildman–Crippen MR) is 92.8 cm³/mol. The highest BCUT2D eigenvalue weighted by Crippen LogP contribution is 2.10. The van der Waals surface area contributed by atoms with E-state index in [0.29, 0.717) is 11.1 Å². The lowest BCUT2D eigenvalue weighted by Gasteiger charge is -2.04. The quantitative estimate of drug-likeness (QED) is 0.810. The molecule has 0 aliphatic rings. The molecule has 0 bridgehead atoms. The van der Waals surface area contributed by atoms with Crippen LogP contribution >= 0.6 is 0 Å². The number of benzene rings is 2. The summed E-state index contributed by atoms with van der Waals surface area (Å²) in [6, 6.07) is 13.2. The fourth-order valence-electron chi connectivity index (χ4n) is 1.98. The summed E-state index contributed by atoms with van der Waals surface area (Å²) < 4.78 is 26.7. The average Bonchev–Trinajstić information content (AvgIpc) is 2.59. The number of carbonyl (C=O) groups excluding carboxylic acids is 1. The first-order chi connectivity index (χ1) is 11.4. The summed E-state index contributed by atoms with van der Waals surface area (Å²) in [5.41, 5.74) is 7.30. The van der Waals surface area contributed by atoms with Crippen LogP contribution in [0.4, 0.5) is 0 Å². The van der Waals surface area contributed by atoms with E-state index >= 15 is 0 Å². The van der Waals surface area contributed by atoms with E-state index in [1.807, 2.05) is 6.92 Å². The Kier molecular flexibility index (Phi) is 5.74. The van der Waals surface area contributed by atoms with E-state index < -0.39 is 15.9 Å². The topological polar surface area (TPSA) is 89.3 Å². The smallest absolute Gasteiger partial charge is 0.248 e. The Hall–Kier alpha value is -2.62. The lowest BCUT2D eigenvalue weighted by Crippen LogP contribution is -2.24. The van der Waals surface area contributed by atoms with Crippen LogP contribution in [0.1, 0.15) is 28.4 Å². The molecular formula is C18H18N2O3S. The molecule has 124 valence electrons. The molecule has 0 saturated carbocycles. The van der Waals surface area contributed by atoms with Crippen molar-refractivity contribution in [3.63, 3.8) is 0 Å². The third kappa shape index (κ3) is 4.69. The molecule has 0 saturated heterocycles. The van der Waals surface area contributed by atoms with Crippen LogP contribution in [0, 0.1) is 11.8 Å². The first-order valence-corrected chi connectivity index (χ1v) is 8.88. The Morgan fingerprint density at radius 2 is 1.71 bits per heavy atom. The maximum Gasteiger partial charge on any atom is 0.248 e. The van der Waals surface area contributed by atoms with Gasteiger partial charge < -0.3 is 5.73 Å². The molecule has 0 heterocycles. The van der Waals surface area contributed by atoms with Crippen LogP contribution in [-0.2, 0) is 16.4 Å². The molecule has 24 heavy (non-hydrogen) atoms. The van der Waals surface area contributed by atoms with Gasteiger partial charge >= 0.3 is 0 Å². The van der Waals surface area contributed by atoms with Gasteiger partial charge in [-0.15, -0.1) is 0 Å². The fraction of sp³-hybridized carbons (Fsp3) is 0.167. The van der Waals surface area contributed by atoms with Gasteiger partial charge in [-0.1, -0.05) is 30.9 Å². The number of rotatable bonds is 5. The van der Waals surface area contributed by atoms with Gasteiger partial charge in [-0.25, -0.2) is 8.42 Å². The molecule has 6 heteroatoms. The van der Waals surface area contributed by atoms with Gasteiger partial charge in [0.1, 0.15) is 0 Å². The Morgan fingerprint density at radius 3 is 2.25 bits per heavy atom. The highest BCUT2D eigenvalue weighted by atomic mass is 32.2. The SMILES string of the molecule is CCc1ccc(S(=O)(=O)NCC#Cc2ccc(C(N)=O)cc2)cc1. The Bertz CT molecular complexity index is 875. The first-order valence-electron chi connectivity index (χ1n) is 7.39. The van der Waals surface area contributed by atoms with Gasteiger partial charge in [-0.3, -0.25) is 4.79 Å². The zero-order valence-electron chi connectivity index (χ0n) is 13.2. The summed E-state index contributed by atoms with van der Waals surface area (Å²) in [7, 11) is -3.57. The number of sulfonamides is 1. The molecule has 0 aliphatic heterocycles. The van der Waals surface area contributed by atoms with E-state index in [9.17, 15) is 13.2 Å². The third-order valence-electron chi connectivity index (χ3n) is 3.39. The summed E-state index contributed by atoms with van der Waals surface area (Å²) in [6.45, 7) is 2.00. The van der Waals surface area contributed by atoms with Gasteiger partial charge in [0.2, 0.25) is 15.9 Å². The van der Waals surface area contributed by atoms with E-state index in [-0.39, 0.29) is 11.4 Å². The molecule has 0 spiro atoms. The second-order valence-electron chi connectivity index (χ2n) is 5.07. The molecule has 1 amide bonds. The van der Waals surface area contributed by atoms with Crippen LogP contribution < -0.4 is 10.5 Å². The highest BCUT2D eigenvalue weighted by molar-refractivity contribution is 7.89. The number of hydrogen-bond donors (Lipinski definition) is 2. The van der Waals surface area contributed by atoms with E-state index in [1.54, 1.807) is 48.5 Å². The number of amides is 1. The zero-order chi connectivity index (χ0) is 17.6. The molecule has 0 aromatic heterocycles. The Labute approximate surface area is 141 Å². The second-order valence-corrected chi connectivity index (χ2v) is 6.83. The van der Waals surface area contributed by atoms with Gasteiger partial charge in [-0.05, 0) is 48.4 Å². The van der Waals surface area contributed by atoms with E-state index in [2.05, 4.69) is 16.6 Å². The minimum atomic E-state index is -3.57. The maximum atomic E-state index is 12.1. The summed E-state index contributed by atoms with van der Waals surface area (Å²) in [5.74, 6) is 5.06. The van der Waals surface area contributed by atoms with Crippen molar-refractivity contribution in [3.05, 3.63) is 65.2 Å². The molecule has 5 nitrogen and oxygen atoms in total. The van der Waals surface area contributed by atoms with Crippen molar-refractivity contribution in [2.75, 3.05) is 6.54 Å². The molecule has 2 aromatic carbocycles. The second kappa shape index (κ2) is 7.77. The van der Waals surface area contributed by atoms with Gasteiger partial charge in [0, 0.05) is 11.1 Å². The number of nitrogens with two attached hydrogens (primary N) is 1. The van der Waals surface area contributed by atoms with Crippen molar-refractivity contribution in [2.24, 2.45) is 5.73 Å². The van der Waals surface area contributed by atoms with Crippen LogP contribution in [0.2, 0.25) is 0 Å². The van der Waals surface area contributed by atoms with Crippen molar-refractivity contribution < 1.29 is 13.2 Å². The number of primary amides is 1. The van der Waals surface area contributed by atoms with Gasteiger partial charge in [0.25, 0.3) is 0 Å². The molecule has 3 N–H and O–H groups in total.